The highest BCUT2D eigenvalue weighted by Crippen LogP contribution is 2.07. The quantitative estimate of drug-likeness (QED) is 0.797. The zero-order valence-corrected chi connectivity index (χ0v) is 10.3. The molecule has 1 saturated heterocycles. The Kier molecular flexibility index (Phi) is 4.55. The number of morpholine rings is 1. The SMILES string of the molecule is Nc1ccc(COCC(=O)N2CCOCC2)cc1. The highest BCUT2D eigenvalue weighted by molar-refractivity contribution is 5.77. The maximum atomic E-state index is 11.8. The Bertz CT molecular complexity index is 386. The number of hydrogen-bond acceptors (Lipinski definition) is 4. The Morgan fingerprint density at radius 2 is 1.94 bits per heavy atom. The highest BCUT2D eigenvalue weighted by atomic mass is 16.5. The van der Waals surface area contributed by atoms with Crippen LogP contribution in [0.5, 0.6) is 0 Å². The molecule has 5 nitrogen and oxygen atoms in total. The molecule has 1 heterocycles. The van der Waals surface area contributed by atoms with Gasteiger partial charge in [0.2, 0.25) is 5.91 Å². The average molecular weight is 250 g/mol. The summed E-state index contributed by atoms with van der Waals surface area (Å²) in [5.41, 5.74) is 7.33. The molecule has 0 spiro atoms. The molecule has 5 heteroatoms. The number of hydrogen-bond donors (Lipinski definition) is 1. The number of carbonyl (C=O) groups excluding carboxylic acids is 1. The molecule has 1 aromatic rings. The summed E-state index contributed by atoms with van der Waals surface area (Å²) in [5, 5.41) is 0. The molecular formula is C13H18N2O3. The molecule has 1 aromatic carbocycles. The van der Waals surface area contributed by atoms with E-state index in [0.29, 0.717) is 32.9 Å². The normalized spacial score (nSPS) is 15.7. The van der Waals surface area contributed by atoms with Crippen LogP contribution in [-0.2, 0) is 20.9 Å². The van der Waals surface area contributed by atoms with Crippen molar-refractivity contribution in [1.29, 1.82) is 0 Å². The monoisotopic (exact) mass is 250 g/mol. The van der Waals surface area contributed by atoms with E-state index in [4.69, 9.17) is 15.2 Å². The first-order chi connectivity index (χ1) is 8.75. The summed E-state index contributed by atoms with van der Waals surface area (Å²) in [4.78, 5) is 13.5. The molecule has 0 bridgehead atoms. The molecule has 98 valence electrons. The van der Waals surface area contributed by atoms with Crippen molar-refractivity contribution in [2.45, 2.75) is 6.61 Å². The van der Waals surface area contributed by atoms with Crippen LogP contribution in [-0.4, -0.2) is 43.7 Å². The lowest BCUT2D eigenvalue weighted by atomic mass is 10.2. The molecule has 0 saturated carbocycles. The number of nitrogens with zero attached hydrogens (tertiary/aromatic N) is 1. The number of nitrogen functional groups attached to an aromatic ring is 1. The Morgan fingerprint density at radius 1 is 1.28 bits per heavy atom. The maximum absolute atomic E-state index is 11.8. The summed E-state index contributed by atoms with van der Waals surface area (Å²) < 4.78 is 10.6. The molecule has 0 aliphatic carbocycles. The number of benzene rings is 1. The van der Waals surface area contributed by atoms with E-state index in [1.54, 1.807) is 4.90 Å². The lowest BCUT2D eigenvalue weighted by Crippen LogP contribution is -2.42. The van der Waals surface area contributed by atoms with Gasteiger partial charge in [0.15, 0.2) is 0 Å². The fourth-order valence-electron chi connectivity index (χ4n) is 1.77. The van der Waals surface area contributed by atoms with Gasteiger partial charge in [-0.05, 0) is 17.7 Å². The van der Waals surface area contributed by atoms with Gasteiger partial charge in [0.05, 0.1) is 19.8 Å². The maximum Gasteiger partial charge on any atom is 0.248 e. The zero-order valence-electron chi connectivity index (χ0n) is 10.3. The van der Waals surface area contributed by atoms with Gasteiger partial charge in [0.1, 0.15) is 6.61 Å². The predicted octanol–water partition coefficient (Wildman–Crippen LogP) is 0.644. The van der Waals surface area contributed by atoms with Crippen molar-refractivity contribution in [3.63, 3.8) is 0 Å². The number of anilines is 1. The van der Waals surface area contributed by atoms with Crippen LogP contribution in [0, 0.1) is 0 Å². The van der Waals surface area contributed by atoms with Gasteiger partial charge in [0.25, 0.3) is 0 Å². The average Bonchev–Trinajstić information content (AvgIpc) is 2.42. The van der Waals surface area contributed by atoms with Crippen molar-refractivity contribution in [3.05, 3.63) is 29.8 Å². The van der Waals surface area contributed by atoms with Crippen LogP contribution in [0.4, 0.5) is 5.69 Å². The summed E-state index contributed by atoms with van der Waals surface area (Å²) in [7, 11) is 0. The van der Waals surface area contributed by atoms with E-state index in [1.807, 2.05) is 24.3 Å². The highest BCUT2D eigenvalue weighted by Gasteiger charge is 2.16. The van der Waals surface area contributed by atoms with Gasteiger partial charge < -0.3 is 20.1 Å². The van der Waals surface area contributed by atoms with Gasteiger partial charge in [-0.1, -0.05) is 12.1 Å². The van der Waals surface area contributed by atoms with Gasteiger partial charge in [-0.15, -0.1) is 0 Å². The Labute approximate surface area is 106 Å². The zero-order chi connectivity index (χ0) is 12.8. The predicted molar refractivity (Wildman–Crippen MR) is 67.9 cm³/mol. The van der Waals surface area contributed by atoms with Crippen LogP contribution in [0.15, 0.2) is 24.3 Å². The van der Waals surface area contributed by atoms with E-state index in [9.17, 15) is 4.79 Å². The summed E-state index contributed by atoms with van der Waals surface area (Å²) in [5.74, 6) is 0.0220. The smallest absolute Gasteiger partial charge is 0.248 e. The number of ether oxygens (including phenoxy) is 2. The number of amides is 1. The van der Waals surface area contributed by atoms with Gasteiger partial charge in [-0.25, -0.2) is 0 Å². The molecule has 1 amide bonds. The minimum Gasteiger partial charge on any atom is -0.399 e. The third-order valence-electron chi connectivity index (χ3n) is 2.84. The van der Waals surface area contributed by atoms with Crippen LogP contribution in [0.25, 0.3) is 0 Å². The van der Waals surface area contributed by atoms with E-state index in [1.165, 1.54) is 0 Å². The largest absolute Gasteiger partial charge is 0.399 e. The van der Waals surface area contributed by atoms with Crippen LogP contribution in [0.1, 0.15) is 5.56 Å². The van der Waals surface area contributed by atoms with Crippen molar-refractivity contribution in [1.82, 2.24) is 4.90 Å². The van der Waals surface area contributed by atoms with Crippen molar-refractivity contribution in [3.8, 4) is 0 Å². The summed E-state index contributed by atoms with van der Waals surface area (Å²) in [6, 6.07) is 7.44. The minimum absolute atomic E-state index is 0.0220. The van der Waals surface area contributed by atoms with E-state index >= 15 is 0 Å². The summed E-state index contributed by atoms with van der Waals surface area (Å²) in [6.07, 6.45) is 0. The second-order valence-corrected chi connectivity index (χ2v) is 4.23. The van der Waals surface area contributed by atoms with E-state index in [-0.39, 0.29) is 12.5 Å². The molecule has 0 unspecified atom stereocenters. The fourth-order valence-corrected chi connectivity index (χ4v) is 1.77. The minimum atomic E-state index is 0.0220. The topological polar surface area (TPSA) is 64.8 Å². The first kappa shape index (κ1) is 12.9. The fraction of sp³-hybridized carbons (Fsp3) is 0.462. The standard InChI is InChI=1S/C13H18N2O3/c14-12-3-1-11(2-4-12)9-18-10-13(16)15-5-7-17-8-6-15/h1-4H,5-10,14H2. The Balaban J connectivity index is 1.71. The lowest BCUT2D eigenvalue weighted by molar-refractivity contribution is -0.140. The summed E-state index contributed by atoms with van der Waals surface area (Å²) >= 11 is 0. The van der Waals surface area contributed by atoms with E-state index in [2.05, 4.69) is 0 Å². The van der Waals surface area contributed by atoms with Gasteiger partial charge in [-0.3, -0.25) is 4.79 Å². The molecule has 1 aliphatic rings. The van der Waals surface area contributed by atoms with Crippen molar-refractivity contribution in [2.75, 3.05) is 38.6 Å². The first-order valence-electron chi connectivity index (χ1n) is 6.03. The third kappa shape index (κ3) is 3.72. The van der Waals surface area contributed by atoms with Gasteiger partial charge in [0, 0.05) is 18.8 Å². The van der Waals surface area contributed by atoms with Crippen molar-refractivity contribution >= 4 is 11.6 Å². The van der Waals surface area contributed by atoms with Crippen molar-refractivity contribution in [2.24, 2.45) is 0 Å². The van der Waals surface area contributed by atoms with Crippen LogP contribution in [0.2, 0.25) is 0 Å². The third-order valence-corrected chi connectivity index (χ3v) is 2.84. The molecule has 1 fully saturated rings. The lowest BCUT2D eigenvalue weighted by Gasteiger charge is -2.26. The van der Waals surface area contributed by atoms with Crippen LogP contribution < -0.4 is 5.73 Å². The molecular weight excluding hydrogens is 232 g/mol. The van der Waals surface area contributed by atoms with Crippen LogP contribution in [0.3, 0.4) is 0 Å². The molecule has 2 N–H and O–H groups in total. The first-order valence-corrected chi connectivity index (χ1v) is 6.03. The number of nitrogens with two attached hydrogens (primary N) is 1. The van der Waals surface area contributed by atoms with E-state index < -0.39 is 0 Å². The number of carbonyl (C=O) groups is 1. The molecule has 0 aromatic heterocycles. The van der Waals surface area contributed by atoms with Gasteiger partial charge in [-0.2, -0.15) is 0 Å². The van der Waals surface area contributed by atoms with Crippen LogP contribution >= 0.6 is 0 Å². The van der Waals surface area contributed by atoms with Gasteiger partial charge >= 0.3 is 0 Å². The molecule has 0 atom stereocenters. The van der Waals surface area contributed by atoms with Crippen molar-refractivity contribution < 1.29 is 14.3 Å². The Morgan fingerprint density at radius 3 is 2.61 bits per heavy atom. The second-order valence-electron chi connectivity index (χ2n) is 4.23. The molecule has 18 heavy (non-hydrogen) atoms. The Hall–Kier alpha value is -1.59. The molecule has 2 rings (SSSR count). The molecule has 0 radical (unpaired) electrons. The summed E-state index contributed by atoms with van der Waals surface area (Å²) in [6.45, 7) is 3.09. The molecule has 1 aliphatic heterocycles. The second kappa shape index (κ2) is 6.37. The van der Waals surface area contributed by atoms with E-state index in [0.717, 1.165) is 11.3 Å². The number of rotatable bonds is 4.